The van der Waals surface area contributed by atoms with Crippen molar-refractivity contribution < 1.29 is 9.18 Å². The van der Waals surface area contributed by atoms with Gasteiger partial charge < -0.3 is 9.88 Å². The molecule has 0 radical (unpaired) electrons. The zero-order chi connectivity index (χ0) is 20.4. The van der Waals surface area contributed by atoms with Gasteiger partial charge in [0.05, 0.1) is 12.6 Å². The largest absolute Gasteiger partial charge is 0.344 e. The van der Waals surface area contributed by atoms with E-state index in [0.29, 0.717) is 17.8 Å². The predicted octanol–water partition coefficient (Wildman–Crippen LogP) is 5.35. The summed E-state index contributed by atoms with van der Waals surface area (Å²) < 4.78 is 16.4. The molecule has 4 rings (SSSR count). The van der Waals surface area contributed by atoms with E-state index in [4.69, 9.17) is 0 Å². The molecule has 0 saturated carbocycles. The van der Waals surface area contributed by atoms with Crippen molar-refractivity contribution in [2.45, 2.75) is 52.1 Å². The molecule has 0 bridgehead atoms. The van der Waals surface area contributed by atoms with Gasteiger partial charge in [-0.25, -0.2) is 4.39 Å². The van der Waals surface area contributed by atoms with Gasteiger partial charge in [0, 0.05) is 11.3 Å². The summed E-state index contributed by atoms with van der Waals surface area (Å²) in [5.41, 5.74) is 5.84. The van der Waals surface area contributed by atoms with E-state index in [2.05, 4.69) is 9.88 Å². The van der Waals surface area contributed by atoms with Crippen LogP contribution in [0.5, 0.6) is 0 Å². The summed E-state index contributed by atoms with van der Waals surface area (Å²) >= 11 is 0. The van der Waals surface area contributed by atoms with Crippen LogP contribution in [0.1, 0.15) is 64.2 Å². The molecule has 1 aromatic heterocycles. The van der Waals surface area contributed by atoms with E-state index in [1.807, 2.05) is 50.2 Å². The van der Waals surface area contributed by atoms with E-state index in [0.717, 1.165) is 36.8 Å². The molecule has 150 valence electrons. The topological polar surface area (TPSA) is 34.0 Å². The average Bonchev–Trinajstić information content (AvgIpc) is 3.02. The number of hydrogen-bond acceptors (Lipinski definition) is 1. The molecule has 0 aliphatic heterocycles. The number of aromatic nitrogens is 1. The number of halogens is 1. The Morgan fingerprint density at radius 1 is 1.07 bits per heavy atom. The molecule has 3 aromatic rings. The molecule has 29 heavy (non-hydrogen) atoms. The summed E-state index contributed by atoms with van der Waals surface area (Å²) in [5, 5.41) is 3.15. The van der Waals surface area contributed by atoms with E-state index in [1.54, 1.807) is 12.1 Å². The Balaban J connectivity index is 1.71. The summed E-state index contributed by atoms with van der Waals surface area (Å²) in [6, 6.07) is 16.7. The van der Waals surface area contributed by atoms with Crippen molar-refractivity contribution in [2.75, 3.05) is 0 Å². The van der Waals surface area contributed by atoms with Crippen molar-refractivity contribution in [1.29, 1.82) is 0 Å². The Morgan fingerprint density at radius 3 is 2.52 bits per heavy atom. The molecule has 0 unspecified atom stereocenters. The van der Waals surface area contributed by atoms with Crippen LogP contribution in [0.2, 0.25) is 0 Å². The van der Waals surface area contributed by atoms with E-state index >= 15 is 0 Å². The highest BCUT2D eigenvalue weighted by molar-refractivity contribution is 5.95. The molecule has 4 heteroatoms. The molecule has 1 N–H and O–H groups in total. The monoisotopic (exact) mass is 390 g/mol. The van der Waals surface area contributed by atoms with Gasteiger partial charge in [-0.1, -0.05) is 48.5 Å². The normalized spacial score (nSPS) is 14.3. The minimum Gasteiger partial charge on any atom is -0.344 e. The van der Waals surface area contributed by atoms with Gasteiger partial charge >= 0.3 is 0 Å². The number of nitrogens with one attached hydrogen (secondary N) is 1. The van der Waals surface area contributed by atoms with Crippen molar-refractivity contribution in [3.8, 4) is 0 Å². The van der Waals surface area contributed by atoms with E-state index in [1.165, 1.54) is 17.3 Å². The number of nitrogens with zero attached hydrogens (tertiary/aromatic N) is 1. The summed E-state index contributed by atoms with van der Waals surface area (Å²) in [6.07, 6.45) is 4.17. The Kier molecular flexibility index (Phi) is 5.52. The van der Waals surface area contributed by atoms with Gasteiger partial charge in [0.1, 0.15) is 11.5 Å². The Labute approximate surface area is 171 Å². The lowest BCUT2D eigenvalue weighted by Crippen LogP contribution is -2.29. The zero-order valence-corrected chi connectivity index (χ0v) is 17.0. The van der Waals surface area contributed by atoms with Crippen molar-refractivity contribution >= 4 is 5.91 Å². The first-order valence-electron chi connectivity index (χ1n) is 10.4. The maximum absolute atomic E-state index is 14.4. The van der Waals surface area contributed by atoms with Crippen LogP contribution in [-0.4, -0.2) is 10.5 Å². The highest BCUT2D eigenvalue weighted by Gasteiger charge is 2.27. The minimum absolute atomic E-state index is 0.0930. The van der Waals surface area contributed by atoms with Gasteiger partial charge in [0.25, 0.3) is 5.91 Å². The lowest BCUT2D eigenvalue weighted by Gasteiger charge is -2.19. The molecule has 1 heterocycles. The lowest BCUT2D eigenvalue weighted by molar-refractivity contribution is 0.0930. The van der Waals surface area contributed by atoms with Crippen LogP contribution in [0.15, 0.2) is 54.6 Å². The molecule has 1 amide bonds. The number of rotatable bonds is 5. The number of benzene rings is 2. The van der Waals surface area contributed by atoms with Crippen molar-refractivity contribution in [2.24, 2.45) is 0 Å². The van der Waals surface area contributed by atoms with Crippen LogP contribution in [0.4, 0.5) is 4.39 Å². The Morgan fingerprint density at radius 2 is 1.76 bits per heavy atom. The molecule has 0 fully saturated rings. The van der Waals surface area contributed by atoms with Gasteiger partial charge in [-0.15, -0.1) is 0 Å². The van der Waals surface area contributed by atoms with E-state index in [9.17, 15) is 9.18 Å². The number of fused-ring (bicyclic) bond motifs is 1. The number of carbonyl (C=O) groups is 1. The van der Waals surface area contributed by atoms with Crippen molar-refractivity contribution in [3.63, 3.8) is 0 Å². The zero-order valence-electron chi connectivity index (χ0n) is 17.0. The summed E-state index contributed by atoms with van der Waals surface area (Å²) in [7, 11) is 0. The molecule has 0 spiro atoms. The molecular formula is C25H27FN2O. The number of amides is 1. The Bertz CT molecular complexity index is 1020. The van der Waals surface area contributed by atoms with E-state index in [-0.39, 0.29) is 17.8 Å². The fraction of sp³-hybridized carbons (Fsp3) is 0.320. The molecule has 1 atom stereocenters. The highest BCUT2D eigenvalue weighted by atomic mass is 19.1. The molecular weight excluding hydrogens is 363 g/mol. The van der Waals surface area contributed by atoms with Crippen LogP contribution in [0, 0.1) is 12.7 Å². The van der Waals surface area contributed by atoms with Crippen LogP contribution < -0.4 is 5.32 Å². The van der Waals surface area contributed by atoms with Gasteiger partial charge in [-0.2, -0.15) is 0 Å². The maximum Gasteiger partial charge on any atom is 0.268 e. The third kappa shape index (κ3) is 3.84. The second-order valence-electron chi connectivity index (χ2n) is 7.89. The molecule has 2 aromatic carbocycles. The summed E-state index contributed by atoms with van der Waals surface area (Å²) in [4.78, 5) is 13.3. The third-order valence-corrected chi connectivity index (χ3v) is 5.99. The molecule has 0 saturated heterocycles. The number of carbonyl (C=O) groups excluding carboxylic acids is 1. The standard InChI is InChI=1S/C25H27FN2O/c1-17-21-13-7-9-15-23(21)28(16-20-12-6-8-14-22(20)26)24(17)25(29)27-18(2)19-10-4-3-5-11-19/h3-6,8,10-12,14,18H,7,9,13,15-16H2,1-2H3,(H,27,29)/t18-/m1/s1. The lowest BCUT2D eigenvalue weighted by atomic mass is 9.95. The molecule has 1 aliphatic rings. The first-order chi connectivity index (χ1) is 14.1. The number of hydrogen-bond donors (Lipinski definition) is 1. The first-order valence-corrected chi connectivity index (χ1v) is 10.4. The minimum atomic E-state index is -0.229. The van der Waals surface area contributed by atoms with Crippen LogP contribution in [-0.2, 0) is 19.4 Å². The maximum atomic E-state index is 14.4. The first kappa shape index (κ1) is 19.4. The van der Waals surface area contributed by atoms with E-state index < -0.39 is 0 Å². The van der Waals surface area contributed by atoms with Gasteiger partial charge in [0.15, 0.2) is 0 Å². The average molecular weight is 391 g/mol. The van der Waals surface area contributed by atoms with Gasteiger partial charge in [-0.3, -0.25) is 4.79 Å². The van der Waals surface area contributed by atoms with Crippen molar-refractivity contribution in [3.05, 3.63) is 94.1 Å². The van der Waals surface area contributed by atoms with Crippen molar-refractivity contribution in [1.82, 2.24) is 9.88 Å². The smallest absolute Gasteiger partial charge is 0.268 e. The van der Waals surface area contributed by atoms with Gasteiger partial charge in [0.2, 0.25) is 0 Å². The quantitative estimate of drug-likeness (QED) is 0.626. The summed E-state index contributed by atoms with van der Waals surface area (Å²) in [6.45, 7) is 4.40. The highest BCUT2D eigenvalue weighted by Crippen LogP contribution is 2.31. The predicted molar refractivity (Wildman–Crippen MR) is 114 cm³/mol. The van der Waals surface area contributed by atoms with Gasteiger partial charge in [-0.05, 0) is 62.3 Å². The fourth-order valence-corrected chi connectivity index (χ4v) is 4.43. The second-order valence-corrected chi connectivity index (χ2v) is 7.89. The summed E-state index contributed by atoms with van der Waals surface area (Å²) in [5.74, 6) is -0.322. The van der Waals surface area contributed by atoms with Crippen LogP contribution in [0.3, 0.4) is 0 Å². The van der Waals surface area contributed by atoms with Crippen LogP contribution in [0.25, 0.3) is 0 Å². The molecule has 1 aliphatic carbocycles. The third-order valence-electron chi connectivity index (χ3n) is 5.99. The fourth-order valence-electron chi connectivity index (χ4n) is 4.43. The second kappa shape index (κ2) is 8.24. The van der Waals surface area contributed by atoms with Crippen LogP contribution >= 0.6 is 0 Å². The molecule has 3 nitrogen and oxygen atoms in total. The Hall–Kier alpha value is -2.88. The SMILES string of the molecule is Cc1c2c(n(Cc3ccccc3F)c1C(=O)N[C@H](C)c1ccccc1)CCCC2.